The molecule has 0 fully saturated rings. The normalized spacial score (nSPS) is 10.3. The van der Waals surface area contributed by atoms with E-state index in [2.05, 4.69) is 69.3 Å². The van der Waals surface area contributed by atoms with Crippen LogP contribution < -0.4 is 0 Å². The molecule has 0 radical (unpaired) electrons. The SMILES string of the molecule is CCc1ccc(C(F)(F)F)cc1.CCc1ccc(C)cc1.CCc1ccccc1. The van der Waals surface area contributed by atoms with Gasteiger partial charge < -0.3 is 0 Å². The Morgan fingerprint density at radius 1 is 0.552 bits per heavy atom. The van der Waals surface area contributed by atoms with Gasteiger partial charge in [-0.15, -0.1) is 0 Å². The number of rotatable bonds is 3. The minimum absolute atomic E-state index is 0.584. The first kappa shape index (κ1) is 24.5. The van der Waals surface area contributed by atoms with Crippen LogP contribution in [-0.4, -0.2) is 0 Å². The predicted molar refractivity (Wildman–Crippen MR) is 117 cm³/mol. The molecule has 0 saturated carbocycles. The average Bonchev–Trinajstić information content (AvgIpc) is 2.75. The predicted octanol–water partition coefficient (Wildman–Crippen LogP) is 8.07. The fourth-order valence-corrected chi connectivity index (χ4v) is 2.47. The standard InChI is InChI=1S/C9H9F3.C9H12.C8H10/c1-2-7-3-5-8(6-4-7)9(10,11)12;1-3-9-6-4-8(2)5-7-9;1-2-8-6-4-3-5-7-8/h3-6H,2H2,1H3;4-7H,3H2,1-2H3;3-7H,2H2,1H3. The molecule has 0 spiro atoms. The third-order valence-electron chi connectivity index (χ3n) is 4.47. The molecule has 0 unspecified atom stereocenters. The minimum Gasteiger partial charge on any atom is -0.166 e. The second-order valence-electron chi connectivity index (χ2n) is 6.73. The van der Waals surface area contributed by atoms with Gasteiger partial charge in [0.15, 0.2) is 0 Å². The quantitative estimate of drug-likeness (QED) is 0.417. The molecule has 0 saturated heterocycles. The van der Waals surface area contributed by atoms with E-state index in [1.807, 2.05) is 13.0 Å². The van der Waals surface area contributed by atoms with Crippen molar-refractivity contribution >= 4 is 0 Å². The van der Waals surface area contributed by atoms with Gasteiger partial charge in [-0.25, -0.2) is 0 Å². The van der Waals surface area contributed by atoms with Crippen LogP contribution in [0.15, 0.2) is 78.9 Å². The van der Waals surface area contributed by atoms with Gasteiger partial charge in [0.2, 0.25) is 0 Å². The summed E-state index contributed by atoms with van der Waals surface area (Å²) in [5.74, 6) is 0. The molecule has 0 amide bonds. The minimum atomic E-state index is -4.22. The highest BCUT2D eigenvalue weighted by atomic mass is 19.4. The summed E-state index contributed by atoms with van der Waals surface area (Å²) in [6.07, 6.45) is -1.18. The van der Waals surface area contributed by atoms with E-state index in [-0.39, 0.29) is 0 Å². The zero-order valence-corrected chi connectivity index (χ0v) is 17.8. The molecular formula is C26H31F3. The lowest BCUT2D eigenvalue weighted by atomic mass is 10.1. The number of alkyl halides is 3. The number of hydrogen-bond acceptors (Lipinski definition) is 0. The smallest absolute Gasteiger partial charge is 0.166 e. The fraction of sp³-hybridized carbons (Fsp3) is 0.308. The number of aryl methyl sites for hydroxylation is 4. The summed E-state index contributed by atoms with van der Waals surface area (Å²) in [4.78, 5) is 0. The molecule has 0 N–H and O–H groups in total. The van der Waals surface area contributed by atoms with Crippen LogP contribution >= 0.6 is 0 Å². The Kier molecular flexibility index (Phi) is 10.8. The Morgan fingerprint density at radius 3 is 1.28 bits per heavy atom. The molecule has 0 aliphatic heterocycles. The van der Waals surface area contributed by atoms with Crippen molar-refractivity contribution in [1.82, 2.24) is 0 Å². The van der Waals surface area contributed by atoms with Gasteiger partial charge in [-0.1, -0.05) is 93.1 Å². The van der Waals surface area contributed by atoms with Gasteiger partial charge in [0.1, 0.15) is 0 Å². The fourth-order valence-electron chi connectivity index (χ4n) is 2.47. The summed E-state index contributed by atoms with van der Waals surface area (Å²) in [7, 11) is 0. The number of hydrogen-bond donors (Lipinski definition) is 0. The van der Waals surface area contributed by atoms with E-state index >= 15 is 0 Å². The van der Waals surface area contributed by atoms with E-state index in [4.69, 9.17) is 0 Å². The van der Waals surface area contributed by atoms with Crippen molar-refractivity contribution in [3.8, 4) is 0 Å². The monoisotopic (exact) mass is 400 g/mol. The molecule has 3 aromatic carbocycles. The maximum atomic E-state index is 12.0. The van der Waals surface area contributed by atoms with Crippen molar-refractivity contribution in [1.29, 1.82) is 0 Å². The van der Waals surface area contributed by atoms with Crippen molar-refractivity contribution in [2.45, 2.75) is 53.1 Å². The van der Waals surface area contributed by atoms with Crippen LogP contribution in [0.3, 0.4) is 0 Å². The number of halogens is 3. The Balaban J connectivity index is 0.000000223. The van der Waals surface area contributed by atoms with E-state index in [9.17, 15) is 13.2 Å². The van der Waals surface area contributed by atoms with Crippen molar-refractivity contribution in [2.75, 3.05) is 0 Å². The van der Waals surface area contributed by atoms with E-state index in [1.165, 1.54) is 28.8 Å². The lowest BCUT2D eigenvalue weighted by molar-refractivity contribution is -0.137. The molecule has 0 aliphatic carbocycles. The third-order valence-corrected chi connectivity index (χ3v) is 4.47. The molecule has 0 aliphatic rings. The summed E-state index contributed by atoms with van der Waals surface area (Å²) in [6, 6.07) is 24.3. The average molecular weight is 401 g/mol. The second-order valence-corrected chi connectivity index (χ2v) is 6.73. The van der Waals surface area contributed by atoms with Crippen molar-refractivity contribution in [3.63, 3.8) is 0 Å². The van der Waals surface area contributed by atoms with Crippen LogP contribution in [-0.2, 0) is 25.4 Å². The largest absolute Gasteiger partial charge is 0.416 e. The zero-order valence-electron chi connectivity index (χ0n) is 17.8. The highest BCUT2D eigenvalue weighted by molar-refractivity contribution is 5.24. The van der Waals surface area contributed by atoms with Gasteiger partial charge >= 0.3 is 6.18 Å². The molecule has 0 atom stereocenters. The first-order valence-electron chi connectivity index (χ1n) is 10.1. The Hall–Kier alpha value is -2.55. The van der Waals surface area contributed by atoms with Gasteiger partial charge in [0.25, 0.3) is 0 Å². The van der Waals surface area contributed by atoms with Gasteiger partial charge in [-0.2, -0.15) is 13.2 Å². The van der Waals surface area contributed by atoms with E-state index in [1.54, 1.807) is 0 Å². The molecular weight excluding hydrogens is 369 g/mol. The summed E-state index contributed by atoms with van der Waals surface area (Å²) in [5, 5.41) is 0. The summed E-state index contributed by atoms with van der Waals surface area (Å²) < 4.78 is 36.1. The van der Waals surface area contributed by atoms with Crippen LogP contribution in [0.2, 0.25) is 0 Å². The Labute approximate surface area is 173 Å². The van der Waals surface area contributed by atoms with E-state index in [0.717, 1.165) is 37.0 Å². The van der Waals surface area contributed by atoms with Gasteiger partial charge in [-0.3, -0.25) is 0 Å². The molecule has 0 nitrogen and oxygen atoms in total. The summed E-state index contributed by atoms with van der Waals surface area (Å²) in [6.45, 7) is 8.35. The molecule has 0 aromatic heterocycles. The Morgan fingerprint density at radius 2 is 0.931 bits per heavy atom. The maximum Gasteiger partial charge on any atom is 0.416 e. The van der Waals surface area contributed by atoms with Gasteiger partial charge in [0, 0.05) is 0 Å². The molecule has 3 rings (SSSR count). The van der Waals surface area contributed by atoms with Crippen LogP contribution in [0, 0.1) is 6.92 Å². The second kappa shape index (κ2) is 12.8. The van der Waals surface area contributed by atoms with Gasteiger partial charge in [0.05, 0.1) is 5.56 Å². The lowest BCUT2D eigenvalue weighted by Crippen LogP contribution is -2.04. The topological polar surface area (TPSA) is 0 Å². The number of benzene rings is 3. The maximum absolute atomic E-state index is 12.0. The highest BCUT2D eigenvalue weighted by Crippen LogP contribution is 2.29. The van der Waals surface area contributed by atoms with Crippen molar-refractivity contribution < 1.29 is 13.2 Å². The molecule has 29 heavy (non-hydrogen) atoms. The molecule has 0 bridgehead atoms. The lowest BCUT2D eigenvalue weighted by Gasteiger charge is -2.06. The highest BCUT2D eigenvalue weighted by Gasteiger charge is 2.29. The van der Waals surface area contributed by atoms with Crippen LogP contribution in [0.1, 0.15) is 48.6 Å². The van der Waals surface area contributed by atoms with Crippen LogP contribution in [0.25, 0.3) is 0 Å². The molecule has 0 heterocycles. The first-order chi connectivity index (χ1) is 13.8. The first-order valence-corrected chi connectivity index (χ1v) is 10.1. The van der Waals surface area contributed by atoms with Crippen LogP contribution in [0.5, 0.6) is 0 Å². The van der Waals surface area contributed by atoms with Crippen molar-refractivity contribution in [2.24, 2.45) is 0 Å². The third kappa shape index (κ3) is 9.98. The molecule has 156 valence electrons. The molecule has 3 heteroatoms. The summed E-state index contributed by atoms with van der Waals surface area (Å²) >= 11 is 0. The zero-order chi connectivity index (χ0) is 21.7. The van der Waals surface area contributed by atoms with E-state index < -0.39 is 11.7 Å². The van der Waals surface area contributed by atoms with E-state index in [0.29, 0.717) is 0 Å². The van der Waals surface area contributed by atoms with Crippen molar-refractivity contribution in [3.05, 3.63) is 107 Å². The summed E-state index contributed by atoms with van der Waals surface area (Å²) in [5.41, 5.74) is 4.50. The van der Waals surface area contributed by atoms with Gasteiger partial charge in [-0.05, 0) is 55.0 Å². The molecule has 3 aromatic rings. The van der Waals surface area contributed by atoms with Crippen LogP contribution in [0.4, 0.5) is 13.2 Å². The Bertz CT molecular complexity index is 786.